The van der Waals surface area contributed by atoms with Gasteiger partial charge in [-0.05, 0) is 41.8 Å². The Bertz CT molecular complexity index is 1380. The molecule has 0 radical (unpaired) electrons. The summed E-state index contributed by atoms with van der Waals surface area (Å²) in [5, 5.41) is 3.48. The number of halogens is 3. The maximum atomic E-state index is 12.7. The van der Waals surface area contributed by atoms with Gasteiger partial charge in [-0.2, -0.15) is 13.2 Å². The van der Waals surface area contributed by atoms with Crippen LogP contribution in [0.5, 0.6) is 0 Å². The fraction of sp³-hybridized carbons (Fsp3) is 0.227. The lowest BCUT2D eigenvalue weighted by Crippen LogP contribution is -2.31. The molecule has 0 unspecified atom stereocenters. The molecule has 0 amide bonds. The zero-order valence-electron chi connectivity index (χ0n) is 17.7. The minimum Gasteiger partial charge on any atom is -0.464 e. The van der Waals surface area contributed by atoms with Crippen molar-refractivity contribution in [3.63, 3.8) is 0 Å². The number of ether oxygens (including phenoxy) is 1. The number of H-pyrrole nitrogens is 1. The number of carbonyl (C=O) groups is 1. The summed E-state index contributed by atoms with van der Waals surface area (Å²) in [6, 6.07) is 9.41. The lowest BCUT2D eigenvalue weighted by Gasteiger charge is -2.13. The predicted octanol–water partition coefficient (Wildman–Crippen LogP) is 4.03. The van der Waals surface area contributed by atoms with E-state index < -0.39 is 29.5 Å². The van der Waals surface area contributed by atoms with Gasteiger partial charge in [0.1, 0.15) is 0 Å². The number of rotatable bonds is 7. The standard InChI is InChI=1S/C22H19F3N4O4S/c1-32-19(30)17-18(12-4-7-15-16(9-12)33-21(31)28-15)34-20(29-17)27-10-14(26)8-11-2-5-13(6-3-11)22(23,24)25/h2-7,9,14H,8,10,26H2,1H3,(H,27,29)(H,28,31)/t14-/m0/s1. The number of methoxy groups -OCH3 is 1. The van der Waals surface area contributed by atoms with Gasteiger partial charge >= 0.3 is 17.9 Å². The quantitative estimate of drug-likeness (QED) is 0.333. The third-order valence-corrected chi connectivity index (χ3v) is 6.05. The van der Waals surface area contributed by atoms with Gasteiger partial charge in [-0.3, -0.25) is 4.98 Å². The lowest BCUT2D eigenvalue weighted by atomic mass is 10.0. The molecule has 1 atom stereocenters. The smallest absolute Gasteiger partial charge is 0.417 e. The van der Waals surface area contributed by atoms with Crippen LogP contribution in [0.2, 0.25) is 0 Å². The molecule has 4 N–H and O–H groups in total. The summed E-state index contributed by atoms with van der Waals surface area (Å²) in [4.78, 5) is 31.1. The second kappa shape index (κ2) is 9.31. The van der Waals surface area contributed by atoms with Crippen molar-refractivity contribution in [1.82, 2.24) is 9.97 Å². The number of esters is 1. The lowest BCUT2D eigenvalue weighted by molar-refractivity contribution is -0.137. The first-order valence-electron chi connectivity index (χ1n) is 10.0. The molecule has 0 saturated heterocycles. The summed E-state index contributed by atoms with van der Waals surface area (Å²) in [5.41, 5.74) is 7.63. The first-order valence-corrected chi connectivity index (χ1v) is 10.8. The molecule has 4 aromatic rings. The number of thiazole rings is 1. The van der Waals surface area contributed by atoms with E-state index in [-0.39, 0.29) is 12.2 Å². The molecule has 34 heavy (non-hydrogen) atoms. The Labute approximate surface area is 194 Å². The van der Waals surface area contributed by atoms with Crippen LogP contribution in [0, 0.1) is 0 Å². The molecular formula is C22H19F3N4O4S. The van der Waals surface area contributed by atoms with Crippen molar-refractivity contribution >= 4 is 33.5 Å². The molecule has 178 valence electrons. The molecule has 12 heteroatoms. The summed E-state index contributed by atoms with van der Waals surface area (Å²) in [6.45, 7) is 0.264. The van der Waals surface area contributed by atoms with Gasteiger partial charge in [0.05, 0.1) is 23.1 Å². The number of aromatic nitrogens is 2. The van der Waals surface area contributed by atoms with Crippen LogP contribution < -0.4 is 16.8 Å². The van der Waals surface area contributed by atoms with E-state index in [1.165, 1.54) is 30.6 Å². The van der Waals surface area contributed by atoms with Crippen LogP contribution in [0.4, 0.5) is 18.3 Å². The number of nitrogens with zero attached hydrogens (tertiary/aromatic N) is 1. The molecule has 0 saturated carbocycles. The molecule has 0 bridgehead atoms. The Morgan fingerprint density at radius 1 is 1.26 bits per heavy atom. The van der Waals surface area contributed by atoms with Gasteiger partial charge in [-0.15, -0.1) is 0 Å². The third kappa shape index (κ3) is 5.13. The second-order valence-electron chi connectivity index (χ2n) is 7.45. The normalized spacial score (nSPS) is 12.6. The highest BCUT2D eigenvalue weighted by molar-refractivity contribution is 7.19. The number of alkyl halides is 3. The highest BCUT2D eigenvalue weighted by Gasteiger charge is 2.30. The molecule has 0 spiro atoms. The van der Waals surface area contributed by atoms with Crippen LogP contribution >= 0.6 is 11.3 Å². The van der Waals surface area contributed by atoms with Crippen molar-refractivity contribution in [2.24, 2.45) is 5.73 Å². The van der Waals surface area contributed by atoms with E-state index in [1.807, 2.05) is 0 Å². The number of hydrogen-bond donors (Lipinski definition) is 3. The van der Waals surface area contributed by atoms with Crippen LogP contribution in [0.3, 0.4) is 0 Å². The molecule has 0 fully saturated rings. The van der Waals surface area contributed by atoms with Crippen LogP contribution in [0.25, 0.3) is 21.5 Å². The van der Waals surface area contributed by atoms with Crippen LogP contribution in [-0.4, -0.2) is 35.6 Å². The van der Waals surface area contributed by atoms with Gasteiger partial charge in [0, 0.05) is 12.6 Å². The molecule has 0 aliphatic carbocycles. The topological polar surface area (TPSA) is 123 Å². The molecule has 4 rings (SSSR count). The van der Waals surface area contributed by atoms with Gasteiger partial charge in [0.2, 0.25) is 0 Å². The third-order valence-electron chi connectivity index (χ3n) is 4.98. The number of oxazole rings is 1. The van der Waals surface area contributed by atoms with Gasteiger partial charge in [-0.25, -0.2) is 14.6 Å². The largest absolute Gasteiger partial charge is 0.464 e. The van der Waals surface area contributed by atoms with E-state index in [1.54, 1.807) is 18.2 Å². The summed E-state index contributed by atoms with van der Waals surface area (Å²) >= 11 is 1.19. The fourth-order valence-corrected chi connectivity index (χ4v) is 4.29. The number of benzene rings is 2. The Balaban J connectivity index is 1.49. The number of nitrogens with two attached hydrogens (primary N) is 1. The highest BCUT2D eigenvalue weighted by atomic mass is 32.1. The van der Waals surface area contributed by atoms with E-state index in [2.05, 4.69) is 15.3 Å². The molecule has 8 nitrogen and oxygen atoms in total. The van der Waals surface area contributed by atoms with Gasteiger partial charge in [0.15, 0.2) is 16.4 Å². The van der Waals surface area contributed by atoms with E-state index in [0.717, 1.165) is 12.1 Å². The zero-order valence-corrected chi connectivity index (χ0v) is 18.5. The van der Waals surface area contributed by atoms with Crippen molar-refractivity contribution < 1.29 is 27.1 Å². The van der Waals surface area contributed by atoms with Crippen LogP contribution in [0.1, 0.15) is 21.6 Å². The number of nitrogens with one attached hydrogen (secondary N) is 2. The molecule has 2 aromatic heterocycles. The first kappa shape index (κ1) is 23.5. The first-order chi connectivity index (χ1) is 16.1. The molecule has 0 aliphatic heterocycles. The van der Waals surface area contributed by atoms with Crippen molar-refractivity contribution in [2.45, 2.75) is 18.6 Å². The summed E-state index contributed by atoms with van der Waals surface area (Å²) < 4.78 is 48.1. The monoisotopic (exact) mass is 492 g/mol. The molecule has 2 heterocycles. The van der Waals surface area contributed by atoms with Crippen molar-refractivity contribution in [3.8, 4) is 10.4 Å². The Morgan fingerprint density at radius 2 is 2.00 bits per heavy atom. The number of fused-ring (bicyclic) bond motifs is 1. The van der Waals surface area contributed by atoms with E-state index >= 15 is 0 Å². The zero-order chi connectivity index (χ0) is 24.5. The maximum absolute atomic E-state index is 12.7. The minimum atomic E-state index is -4.39. The van der Waals surface area contributed by atoms with E-state index in [4.69, 9.17) is 14.9 Å². The van der Waals surface area contributed by atoms with Crippen molar-refractivity contribution in [1.29, 1.82) is 0 Å². The average Bonchev–Trinajstić information content (AvgIpc) is 3.39. The Kier molecular flexibility index (Phi) is 6.44. The molecule has 2 aromatic carbocycles. The van der Waals surface area contributed by atoms with Crippen LogP contribution in [-0.2, 0) is 17.3 Å². The second-order valence-corrected chi connectivity index (χ2v) is 8.45. The van der Waals surface area contributed by atoms with E-state index in [9.17, 15) is 22.8 Å². The molecule has 0 aliphatic rings. The SMILES string of the molecule is COC(=O)c1nc(NC[C@@H](N)Cc2ccc(C(F)(F)F)cc2)sc1-c1ccc2[nH]c(=O)oc2c1. The highest BCUT2D eigenvalue weighted by Crippen LogP contribution is 2.35. The summed E-state index contributed by atoms with van der Waals surface area (Å²) in [5.74, 6) is -1.22. The number of anilines is 1. The Hall–Kier alpha value is -3.64. The number of aromatic amines is 1. The van der Waals surface area contributed by atoms with Crippen LogP contribution in [0.15, 0.2) is 51.7 Å². The van der Waals surface area contributed by atoms with Gasteiger partial charge in [0.25, 0.3) is 0 Å². The van der Waals surface area contributed by atoms with Crippen molar-refractivity contribution in [2.75, 3.05) is 19.0 Å². The average molecular weight is 492 g/mol. The molecular weight excluding hydrogens is 473 g/mol. The Morgan fingerprint density at radius 3 is 2.68 bits per heavy atom. The van der Waals surface area contributed by atoms with E-state index in [0.29, 0.717) is 38.7 Å². The number of hydrogen-bond acceptors (Lipinski definition) is 8. The van der Waals surface area contributed by atoms with Crippen molar-refractivity contribution in [3.05, 3.63) is 69.8 Å². The van der Waals surface area contributed by atoms with Gasteiger partial charge in [-0.1, -0.05) is 29.5 Å². The predicted molar refractivity (Wildman–Crippen MR) is 121 cm³/mol. The van der Waals surface area contributed by atoms with Gasteiger partial charge < -0.3 is 20.2 Å². The number of carbonyl (C=O) groups excluding carboxylic acids is 1. The maximum Gasteiger partial charge on any atom is 0.417 e. The fourth-order valence-electron chi connectivity index (χ4n) is 3.34. The summed E-state index contributed by atoms with van der Waals surface area (Å²) in [7, 11) is 1.24. The minimum absolute atomic E-state index is 0.0866. The summed E-state index contributed by atoms with van der Waals surface area (Å²) in [6.07, 6.45) is -4.05.